The molecule has 0 atom stereocenters. The zero-order valence-corrected chi connectivity index (χ0v) is 10.6. The Morgan fingerprint density at radius 2 is 2.29 bits per heavy atom. The Balaban J connectivity index is 2.19. The molecule has 0 spiro atoms. The molecular formula is C13H21N3O. The third kappa shape index (κ3) is 5.45. The molecule has 1 amide bonds. The fraction of sp³-hybridized carbons (Fsp3) is 0.538. The number of nitrogens with one attached hydrogen (secondary N) is 2. The van der Waals surface area contributed by atoms with Gasteiger partial charge in [0.15, 0.2) is 0 Å². The van der Waals surface area contributed by atoms with Gasteiger partial charge in [0.05, 0.1) is 6.54 Å². The standard InChI is InChI=1S/C13H21N3O/c1-3-4-6-16-13(17)10-15-9-12-5-7-14-8-11(12)2/h5,7-8,15H,3-4,6,9-10H2,1-2H3,(H,16,17). The van der Waals surface area contributed by atoms with Crippen molar-refractivity contribution in [2.24, 2.45) is 0 Å². The molecule has 0 bridgehead atoms. The summed E-state index contributed by atoms with van der Waals surface area (Å²) in [5.41, 5.74) is 2.33. The largest absolute Gasteiger partial charge is 0.355 e. The molecule has 0 unspecified atom stereocenters. The summed E-state index contributed by atoms with van der Waals surface area (Å²) < 4.78 is 0. The van der Waals surface area contributed by atoms with E-state index in [0.717, 1.165) is 24.9 Å². The van der Waals surface area contributed by atoms with Crippen molar-refractivity contribution in [3.8, 4) is 0 Å². The van der Waals surface area contributed by atoms with E-state index in [1.165, 1.54) is 5.56 Å². The fourth-order valence-electron chi connectivity index (χ4n) is 1.48. The van der Waals surface area contributed by atoms with Crippen molar-refractivity contribution in [1.29, 1.82) is 0 Å². The third-order valence-corrected chi connectivity index (χ3v) is 2.59. The van der Waals surface area contributed by atoms with Crippen molar-refractivity contribution in [2.45, 2.75) is 33.2 Å². The van der Waals surface area contributed by atoms with Gasteiger partial charge in [-0.3, -0.25) is 9.78 Å². The van der Waals surface area contributed by atoms with Crippen LogP contribution in [-0.2, 0) is 11.3 Å². The highest BCUT2D eigenvalue weighted by molar-refractivity contribution is 5.77. The number of aromatic nitrogens is 1. The lowest BCUT2D eigenvalue weighted by molar-refractivity contribution is -0.120. The topological polar surface area (TPSA) is 54.0 Å². The van der Waals surface area contributed by atoms with Crippen LogP contribution < -0.4 is 10.6 Å². The van der Waals surface area contributed by atoms with Crippen molar-refractivity contribution >= 4 is 5.91 Å². The maximum Gasteiger partial charge on any atom is 0.233 e. The monoisotopic (exact) mass is 235 g/mol. The van der Waals surface area contributed by atoms with Crippen LogP contribution in [-0.4, -0.2) is 24.0 Å². The van der Waals surface area contributed by atoms with E-state index in [9.17, 15) is 4.79 Å². The van der Waals surface area contributed by atoms with Gasteiger partial charge in [-0.25, -0.2) is 0 Å². The molecule has 4 heteroatoms. The van der Waals surface area contributed by atoms with E-state index in [0.29, 0.717) is 13.1 Å². The molecule has 0 fully saturated rings. The molecule has 1 rings (SSSR count). The summed E-state index contributed by atoms with van der Waals surface area (Å²) >= 11 is 0. The summed E-state index contributed by atoms with van der Waals surface area (Å²) in [5, 5.41) is 6.00. The van der Waals surface area contributed by atoms with Gasteiger partial charge >= 0.3 is 0 Å². The highest BCUT2D eigenvalue weighted by Crippen LogP contribution is 2.03. The molecule has 0 aliphatic carbocycles. The minimum atomic E-state index is 0.0603. The number of rotatable bonds is 7. The maximum atomic E-state index is 11.4. The highest BCUT2D eigenvalue weighted by Gasteiger charge is 2.01. The molecule has 0 saturated carbocycles. The van der Waals surface area contributed by atoms with Crippen LogP contribution in [0.2, 0.25) is 0 Å². The van der Waals surface area contributed by atoms with Crippen molar-refractivity contribution in [1.82, 2.24) is 15.6 Å². The van der Waals surface area contributed by atoms with Gasteiger partial charge in [0.1, 0.15) is 0 Å². The molecule has 0 saturated heterocycles. The summed E-state index contributed by atoms with van der Waals surface area (Å²) in [4.78, 5) is 15.4. The first-order chi connectivity index (χ1) is 8.24. The quantitative estimate of drug-likeness (QED) is 0.702. The first kappa shape index (κ1) is 13.6. The number of hydrogen-bond acceptors (Lipinski definition) is 3. The first-order valence-corrected chi connectivity index (χ1v) is 6.11. The van der Waals surface area contributed by atoms with Crippen LogP contribution in [0, 0.1) is 6.92 Å². The minimum Gasteiger partial charge on any atom is -0.355 e. The van der Waals surface area contributed by atoms with Gasteiger partial charge < -0.3 is 10.6 Å². The molecule has 1 heterocycles. The van der Waals surface area contributed by atoms with Gasteiger partial charge in [-0.2, -0.15) is 0 Å². The van der Waals surface area contributed by atoms with Crippen LogP contribution in [0.5, 0.6) is 0 Å². The second kappa shape index (κ2) is 7.79. The fourth-order valence-corrected chi connectivity index (χ4v) is 1.48. The van der Waals surface area contributed by atoms with Crippen LogP contribution in [0.3, 0.4) is 0 Å². The van der Waals surface area contributed by atoms with Crippen molar-refractivity contribution in [2.75, 3.05) is 13.1 Å². The molecule has 17 heavy (non-hydrogen) atoms. The average Bonchev–Trinajstić information content (AvgIpc) is 2.32. The van der Waals surface area contributed by atoms with Crippen LogP contribution in [0.15, 0.2) is 18.5 Å². The Kier molecular flexibility index (Phi) is 6.25. The number of unbranched alkanes of at least 4 members (excludes halogenated alkanes) is 1. The number of amides is 1. The SMILES string of the molecule is CCCCNC(=O)CNCc1ccncc1C. The van der Waals surface area contributed by atoms with Crippen molar-refractivity contribution in [3.05, 3.63) is 29.6 Å². The Hall–Kier alpha value is -1.42. The normalized spacial score (nSPS) is 10.2. The smallest absolute Gasteiger partial charge is 0.233 e. The summed E-state index contributed by atoms with van der Waals surface area (Å²) in [7, 11) is 0. The molecule has 0 aliphatic rings. The zero-order chi connectivity index (χ0) is 12.5. The van der Waals surface area contributed by atoms with E-state index in [-0.39, 0.29) is 5.91 Å². The van der Waals surface area contributed by atoms with Crippen LogP contribution in [0.25, 0.3) is 0 Å². The van der Waals surface area contributed by atoms with E-state index in [1.807, 2.05) is 19.2 Å². The summed E-state index contributed by atoms with van der Waals surface area (Å²) in [6, 6.07) is 1.97. The second-order valence-corrected chi connectivity index (χ2v) is 4.11. The Morgan fingerprint density at radius 3 is 3.00 bits per heavy atom. The molecule has 2 N–H and O–H groups in total. The summed E-state index contributed by atoms with van der Waals surface area (Å²) in [6.45, 7) is 5.97. The second-order valence-electron chi connectivity index (χ2n) is 4.11. The number of nitrogens with zero attached hydrogens (tertiary/aromatic N) is 1. The van der Waals surface area contributed by atoms with Gasteiger partial charge in [-0.1, -0.05) is 13.3 Å². The average molecular weight is 235 g/mol. The number of pyridine rings is 1. The summed E-state index contributed by atoms with van der Waals surface area (Å²) in [5.74, 6) is 0.0603. The van der Waals surface area contributed by atoms with E-state index in [1.54, 1.807) is 6.20 Å². The third-order valence-electron chi connectivity index (χ3n) is 2.59. The van der Waals surface area contributed by atoms with Crippen LogP contribution in [0.4, 0.5) is 0 Å². The minimum absolute atomic E-state index is 0.0603. The summed E-state index contributed by atoms with van der Waals surface area (Å²) in [6.07, 6.45) is 5.74. The Morgan fingerprint density at radius 1 is 1.47 bits per heavy atom. The maximum absolute atomic E-state index is 11.4. The number of carbonyl (C=O) groups is 1. The van der Waals surface area contributed by atoms with Gasteiger partial charge in [-0.15, -0.1) is 0 Å². The van der Waals surface area contributed by atoms with Gasteiger partial charge in [0, 0.05) is 25.5 Å². The van der Waals surface area contributed by atoms with Gasteiger partial charge in [0.2, 0.25) is 5.91 Å². The molecule has 0 radical (unpaired) electrons. The highest BCUT2D eigenvalue weighted by atomic mass is 16.1. The van der Waals surface area contributed by atoms with E-state index >= 15 is 0 Å². The Labute approximate surface area is 103 Å². The van der Waals surface area contributed by atoms with Gasteiger partial charge in [0.25, 0.3) is 0 Å². The first-order valence-electron chi connectivity index (χ1n) is 6.11. The zero-order valence-electron chi connectivity index (χ0n) is 10.6. The van der Waals surface area contributed by atoms with Crippen molar-refractivity contribution in [3.63, 3.8) is 0 Å². The predicted molar refractivity (Wildman–Crippen MR) is 68.6 cm³/mol. The van der Waals surface area contributed by atoms with E-state index in [4.69, 9.17) is 0 Å². The number of carbonyl (C=O) groups excluding carboxylic acids is 1. The van der Waals surface area contributed by atoms with E-state index in [2.05, 4.69) is 22.5 Å². The number of hydrogen-bond donors (Lipinski definition) is 2. The molecule has 0 aromatic carbocycles. The molecular weight excluding hydrogens is 214 g/mol. The van der Waals surface area contributed by atoms with E-state index < -0.39 is 0 Å². The van der Waals surface area contributed by atoms with Crippen molar-refractivity contribution < 1.29 is 4.79 Å². The number of aryl methyl sites for hydroxylation is 1. The van der Waals surface area contributed by atoms with Crippen LogP contribution in [0.1, 0.15) is 30.9 Å². The molecule has 94 valence electrons. The lowest BCUT2D eigenvalue weighted by Gasteiger charge is -2.07. The molecule has 1 aromatic rings. The Bertz CT molecular complexity index is 352. The van der Waals surface area contributed by atoms with Crippen LogP contribution >= 0.6 is 0 Å². The molecule has 4 nitrogen and oxygen atoms in total. The lowest BCUT2D eigenvalue weighted by atomic mass is 10.1. The van der Waals surface area contributed by atoms with Gasteiger partial charge in [-0.05, 0) is 30.5 Å². The lowest BCUT2D eigenvalue weighted by Crippen LogP contribution is -2.34. The molecule has 0 aliphatic heterocycles. The molecule has 1 aromatic heterocycles. The predicted octanol–water partition coefficient (Wildman–Crippen LogP) is 1.40.